The SMILES string of the molecule is Cc1cc(C)c(S(=O)(=O)N2CCOC(C)C2)c(C)c1N. The number of nitrogens with two attached hydrogens (primary N) is 1. The lowest BCUT2D eigenvalue weighted by Crippen LogP contribution is -2.44. The highest BCUT2D eigenvalue weighted by Crippen LogP contribution is 2.30. The molecule has 0 radical (unpaired) electrons. The first kappa shape index (κ1) is 15.3. The summed E-state index contributed by atoms with van der Waals surface area (Å²) in [6.45, 7) is 8.56. The van der Waals surface area contributed by atoms with Crippen LogP contribution in [0, 0.1) is 20.8 Å². The second kappa shape index (κ2) is 5.35. The van der Waals surface area contributed by atoms with Gasteiger partial charge in [0.2, 0.25) is 10.0 Å². The number of anilines is 1. The predicted octanol–water partition coefficient (Wildman–Crippen LogP) is 1.60. The topological polar surface area (TPSA) is 72.6 Å². The zero-order valence-electron chi connectivity index (χ0n) is 12.4. The molecule has 1 saturated heterocycles. The van der Waals surface area contributed by atoms with Crippen LogP contribution in [0.5, 0.6) is 0 Å². The number of rotatable bonds is 2. The van der Waals surface area contributed by atoms with E-state index in [1.54, 1.807) is 6.92 Å². The number of hydrogen-bond donors (Lipinski definition) is 1. The van der Waals surface area contributed by atoms with E-state index >= 15 is 0 Å². The van der Waals surface area contributed by atoms with Gasteiger partial charge in [-0.05, 0) is 44.4 Å². The first-order valence-corrected chi connectivity index (χ1v) is 8.17. The van der Waals surface area contributed by atoms with Crippen molar-refractivity contribution < 1.29 is 13.2 Å². The van der Waals surface area contributed by atoms with Crippen LogP contribution < -0.4 is 5.73 Å². The number of hydrogen-bond acceptors (Lipinski definition) is 4. The molecule has 1 aromatic carbocycles. The van der Waals surface area contributed by atoms with Crippen molar-refractivity contribution in [2.75, 3.05) is 25.4 Å². The molecule has 6 heteroatoms. The molecule has 20 heavy (non-hydrogen) atoms. The maximum atomic E-state index is 12.9. The smallest absolute Gasteiger partial charge is 0.243 e. The standard InChI is InChI=1S/C14H22N2O3S/c1-9-7-10(2)14(12(4)13(9)15)20(17,18)16-5-6-19-11(3)8-16/h7,11H,5-6,8,15H2,1-4H3. The summed E-state index contributed by atoms with van der Waals surface area (Å²) in [4.78, 5) is 0.342. The monoisotopic (exact) mass is 298 g/mol. The van der Waals surface area contributed by atoms with Gasteiger partial charge in [-0.25, -0.2) is 8.42 Å². The van der Waals surface area contributed by atoms with Gasteiger partial charge >= 0.3 is 0 Å². The summed E-state index contributed by atoms with van der Waals surface area (Å²) in [7, 11) is -3.52. The molecule has 2 N–H and O–H groups in total. The molecule has 0 spiro atoms. The Hall–Kier alpha value is -1.11. The van der Waals surface area contributed by atoms with Gasteiger partial charge in [0.1, 0.15) is 0 Å². The summed E-state index contributed by atoms with van der Waals surface area (Å²) in [6.07, 6.45) is -0.0815. The van der Waals surface area contributed by atoms with Gasteiger partial charge in [-0.2, -0.15) is 4.31 Å². The van der Waals surface area contributed by atoms with Crippen molar-refractivity contribution in [1.29, 1.82) is 0 Å². The Morgan fingerprint density at radius 2 is 1.95 bits per heavy atom. The Kier molecular flexibility index (Phi) is 4.09. The van der Waals surface area contributed by atoms with Gasteiger partial charge in [-0.1, -0.05) is 6.07 Å². The van der Waals surface area contributed by atoms with Crippen LogP contribution in [0.2, 0.25) is 0 Å². The van der Waals surface area contributed by atoms with Crippen molar-refractivity contribution in [2.24, 2.45) is 0 Å². The molecule has 112 valence electrons. The molecule has 0 aromatic heterocycles. The highest BCUT2D eigenvalue weighted by Gasteiger charge is 2.32. The van der Waals surface area contributed by atoms with E-state index < -0.39 is 10.0 Å². The molecule has 0 aliphatic carbocycles. The van der Waals surface area contributed by atoms with E-state index in [1.165, 1.54) is 4.31 Å². The van der Waals surface area contributed by atoms with E-state index in [9.17, 15) is 8.42 Å². The maximum absolute atomic E-state index is 12.9. The van der Waals surface area contributed by atoms with Crippen molar-refractivity contribution in [2.45, 2.75) is 38.7 Å². The molecule has 0 bridgehead atoms. The molecule has 5 nitrogen and oxygen atoms in total. The Morgan fingerprint density at radius 1 is 1.30 bits per heavy atom. The lowest BCUT2D eigenvalue weighted by Gasteiger charge is -2.31. The van der Waals surface area contributed by atoms with Gasteiger partial charge < -0.3 is 10.5 Å². The van der Waals surface area contributed by atoms with Crippen LogP contribution in [-0.4, -0.2) is 38.5 Å². The predicted molar refractivity (Wildman–Crippen MR) is 79.2 cm³/mol. The maximum Gasteiger partial charge on any atom is 0.243 e. The number of benzene rings is 1. The molecule has 1 aliphatic heterocycles. The largest absolute Gasteiger partial charge is 0.398 e. The van der Waals surface area contributed by atoms with Gasteiger partial charge in [-0.3, -0.25) is 0 Å². The second-order valence-electron chi connectivity index (χ2n) is 5.42. The van der Waals surface area contributed by atoms with E-state index in [1.807, 2.05) is 26.8 Å². The zero-order valence-corrected chi connectivity index (χ0v) is 13.3. The molecular formula is C14H22N2O3S. The minimum Gasteiger partial charge on any atom is -0.398 e. The fourth-order valence-electron chi connectivity index (χ4n) is 2.71. The van der Waals surface area contributed by atoms with E-state index in [4.69, 9.17) is 10.5 Å². The summed E-state index contributed by atoms with van der Waals surface area (Å²) >= 11 is 0. The molecule has 1 unspecified atom stereocenters. The lowest BCUT2D eigenvalue weighted by molar-refractivity contribution is 0.0101. The number of nitrogen functional groups attached to an aromatic ring is 1. The summed E-state index contributed by atoms with van der Waals surface area (Å²) in [5.74, 6) is 0. The lowest BCUT2D eigenvalue weighted by atomic mass is 10.1. The van der Waals surface area contributed by atoms with Crippen molar-refractivity contribution >= 4 is 15.7 Å². The molecule has 1 aromatic rings. The number of sulfonamides is 1. The minimum atomic E-state index is -3.52. The molecule has 2 rings (SSSR count). The molecule has 1 heterocycles. The van der Waals surface area contributed by atoms with Crippen LogP contribution in [0.3, 0.4) is 0 Å². The third-order valence-electron chi connectivity index (χ3n) is 3.76. The Bertz CT molecular complexity index is 626. The van der Waals surface area contributed by atoms with Gasteiger partial charge in [0, 0.05) is 18.8 Å². The van der Waals surface area contributed by atoms with Crippen LogP contribution in [-0.2, 0) is 14.8 Å². The number of ether oxygens (including phenoxy) is 1. The van der Waals surface area contributed by atoms with Crippen LogP contribution in [0.25, 0.3) is 0 Å². The zero-order chi connectivity index (χ0) is 15.1. The average Bonchev–Trinajstić information content (AvgIpc) is 2.36. The van der Waals surface area contributed by atoms with Crippen LogP contribution in [0.1, 0.15) is 23.6 Å². The summed E-state index contributed by atoms with van der Waals surface area (Å²) in [6, 6.07) is 1.83. The van der Waals surface area contributed by atoms with Crippen molar-refractivity contribution in [3.8, 4) is 0 Å². The van der Waals surface area contributed by atoms with Gasteiger partial charge in [0.25, 0.3) is 0 Å². The molecule has 1 fully saturated rings. The minimum absolute atomic E-state index is 0.0815. The first-order chi connectivity index (χ1) is 9.25. The fourth-order valence-corrected chi connectivity index (χ4v) is 4.65. The van der Waals surface area contributed by atoms with Crippen LogP contribution >= 0.6 is 0 Å². The van der Waals surface area contributed by atoms with Gasteiger partial charge in [-0.15, -0.1) is 0 Å². The third-order valence-corrected chi connectivity index (χ3v) is 5.92. The molecular weight excluding hydrogens is 276 g/mol. The van der Waals surface area contributed by atoms with E-state index in [0.29, 0.717) is 35.8 Å². The highest BCUT2D eigenvalue weighted by molar-refractivity contribution is 7.89. The number of aryl methyl sites for hydroxylation is 2. The summed E-state index contributed by atoms with van der Waals surface area (Å²) in [5, 5.41) is 0. The Morgan fingerprint density at radius 3 is 2.55 bits per heavy atom. The van der Waals surface area contributed by atoms with E-state index in [2.05, 4.69) is 0 Å². The quantitative estimate of drug-likeness (QED) is 0.842. The van der Waals surface area contributed by atoms with Gasteiger partial charge in [0.05, 0.1) is 17.6 Å². The highest BCUT2D eigenvalue weighted by atomic mass is 32.2. The summed E-state index contributed by atoms with van der Waals surface area (Å²) in [5.41, 5.74) is 8.84. The number of nitrogens with zero attached hydrogens (tertiary/aromatic N) is 1. The van der Waals surface area contributed by atoms with E-state index in [0.717, 1.165) is 11.1 Å². The summed E-state index contributed by atoms with van der Waals surface area (Å²) < 4.78 is 32.6. The Labute approximate surface area is 120 Å². The first-order valence-electron chi connectivity index (χ1n) is 6.73. The molecule has 0 saturated carbocycles. The van der Waals surface area contributed by atoms with Crippen LogP contribution in [0.4, 0.5) is 5.69 Å². The van der Waals surface area contributed by atoms with Crippen molar-refractivity contribution in [3.05, 3.63) is 22.8 Å². The van der Waals surface area contributed by atoms with E-state index in [-0.39, 0.29) is 6.10 Å². The normalized spacial score (nSPS) is 21.1. The average molecular weight is 298 g/mol. The van der Waals surface area contributed by atoms with Crippen molar-refractivity contribution in [1.82, 2.24) is 4.31 Å². The number of morpholine rings is 1. The van der Waals surface area contributed by atoms with Crippen molar-refractivity contribution in [3.63, 3.8) is 0 Å². The molecule has 0 amide bonds. The third kappa shape index (κ3) is 2.55. The fraction of sp³-hybridized carbons (Fsp3) is 0.571. The van der Waals surface area contributed by atoms with Crippen LogP contribution in [0.15, 0.2) is 11.0 Å². The Balaban J connectivity index is 2.52. The molecule has 1 aliphatic rings. The van der Waals surface area contributed by atoms with Gasteiger partial charge in [0.15, 0.2) is 0 Å². The second-order valence-corrected chi connectivity index (χ2v) is 7.30. The molecule has 1 atom stereocenters.